The minimum Gasteiger partial charge on any atom is -0.376 e. The highest BCUT2D eigenvalue weighted by Gasteiger charge is 2.17. The zero-order valence-corrected chi connectivity index (χ0v) is 12.4. The molecule has 1 fully saturated rings. The fourth-order valence-corrected chi connectivity index (χ4v) is 2.54. The Morgan fingerprint density at radius 1 is 1.48 bits per heavy atom. The number of ether oxygens (including phenoxy) is 1. The molecule has 1 aliphatic rings. The molecule has 1 saturated heterocycles. The molecular weight excluding hydrogens is 304 g/mol. The van der Waals surface area contributed by atoms with E-state index in [1.54, 1.807) is 10.9 Å². The van der Waals surface area contributed by atoms with Crippen LogP contribution in [0, 0.1) is 0 Å². The molecule has 0 saturated carbocycles. The number of aromatic nitrogens is 2. The van der Waals surface area contributed by atoms with Gasteiger partial charge >= 0.3 is 0 Å². The predicted molar refractivity (Wildman–Crippen MR) is 80.6 cm³/mol. The summed E-state index contributed by atoms with van der Waals surface area (Å²) in [5, 5.41) is 6.84. The fourth-order valence-electron chi connectivity index (χ4n) is 2.54. The molecule has 5 nitrogen and oxygen atoms in total. The second kappa shape index (κ2) is 6.87. The molecule has 0 bridgehead atoms. The van der Waals surface area contributed by atoms with Crippen molar-refractivity contribution >= 4 is 11.6 Å². The number of anilines is 1. The first-order chi connectivity index (χ1) is 11.1. The van der Waals surface area contributed by atoms with Gasteiger partial charge in [0.15, 0.2) is 0 Å². The lowest BCUT2D eigenvalue weighted by Crippen LogP contribution is -2.15. The van der Waals surface area contributed by atoms with Crippen LogP contribution in [0.15, 0.2) is 36.7 Å². The third-order valence-corrected chi connectivity index (χ3v) is 3.71. The topological polar surface area (TPSA) is 56.2 Å². The molecule has 7 heteroatoms. The number of carbonyl (C=O) groups excluding carboxylic acids is 1. The number of halogens is 2. The van der Waals surface area contributed by atoms with Crippen LogP contribution < -0.4 is 5.32 Å². The van der Waals surface area contributed by atoms with E-state index in [0.29, 0.717) is 12.2 Å². The molecule has 1 aromatic carbocycles. The van der Waals surface area contributed by atoms with E-state index in [0.717, 1.165) is 19.4 Å². The highest BCUT2D eigenvalue weighted by Crippen LogP contribution is 2.20. The van der Waals surface area contributed by atoms with Crippen molar-refractivity contribution in [3.05, 3.63) is 47.8 Å². The van der Waals surface area contributed by atoms with E-state index >= 15 is 0 Å². The molecule has 0 aliphatic carbocycles. The molecule has 1 aromatic heterocycles. The predicted octanol–water partition coefficient (Wildman–Crippen LogP) is 3.25. The molecule has 1 N–H and O–H groups in total. The van der Waals surface area contributed by atoms with E-state index in [4.69, 9.17) is 4.74 Å². The van der Waals surface area contributed by atoms with E-state index in [-0.39, 0.29) is 17.2 Å². The van der Waals surface area contributed by atoms with Crippen molar-refractivity contribution in [2.75, 3.05) is 11.9 Å². The lowest BCUT2D eigenvalue weighted by Gasteiger charge is -2.08. The molecule has 1 amide bonds. The first kappa shape index (κ1) is 15.6. The van der Waals surface area contributed by atoms with Crippen LogP contribution in [0.25, 0.3) is 0 Å². The molecule has 0 radical (unpaired) electrons. The average molecular weight is 321 g/mol. The molecule has 1 aliphatic heterocycles. The molecule has 1 unspecified atom stereocenters. The summed E-state index contributed by atoms with van der Waals surface area (Å²) in [6.07, 6.45) is 2.84. The van der Waals surface area contributed by atoms with E-state index in [1.165, 1.54) is 30.5 Å². The molecule has 23 heavy (non-hydrogen) atoms. The second-order valence-electron chi connectivity index (χ2n) is 5.47. The van der Waals surface area contributed by atoms with Gasteiger partial charge in [-0.25, -0.2) is 8.78 Å². The van der Waals surface area contributed by atoms with Gasteiger partial charge in [-0.3, -0.25) is 9.48 Å². The summed E-state index contributed by atoms with van der Waals surface area (Å²) in [7, 11) is 0. The Labute approximate surface area is 132 Å². The van der Waals surface area contributed by atoms with Gasteiger partial charge in [0.2, 0.25) is 0 Å². The highest BCUT2D eigenvalue weighted by molar-refractivity contribution is 6.04. The van der Waals surface area contributed by atoms with Crippen molar-refractivity contribution < 1.29 is 18.3 Å². The van der Waals surface area contributed by atoms with E-state index in [1.807, 2.05) is 0 Å². The van der Waals surface area contributed by atoms with Crippen LogP contribution in [-0.2, 0) is 11.3 Å². The van der Waals surface area contributed by atoms with Gasteiger partial charge in [0.25, 0.3) is 12.3 Å². The smallest absolute Gasteiger partial charge is 0.263 e. The summed E-state index contributed by atoms with van der Waals surface area (Å²) in [6, 6.07) is 5.42. The number of carbonyl (C=O) groups is 1. The Kier molecular flexibility index (Phi) is 4.66. The van der Waals surface area contributed by atoms with Crippen molar-refractivity contribution in [1.29, 1.82) is 0 Å². The summed E-state index contributed by atoms with van der Waals surface area (Å²) in [4.78, 5) is 12.1. The Balaban J connectivity index is 1.63. The Hall–Kier alpha value is -2.28. The summed E-state index contributed by atoms with van der Waals surface area (Å²) >= 11 is 0. The van der Waals surface area contributed by atoms with Crippen molar-refractivity contribution in [3.63, 3.8) is 0 Å². The molecule has 0 spiro atoms. The maximum Gasteiger partial charge on any atom is 0.263 e. The number of alkyl halides is 2. The fraction of sp³-hybridized carbons (Fsp3) is 0.375. The molecule has 2 heterocycles. The van der Waals surface area contributed by atoms with Gasteiger partial charge in [0.05, 0.1) is 24.5 Å². The van der Waals surface area contributed by atoms with Gasteiger partial charge in [-0.1, -0.05) is 12.1 Å². The molecule has 122 valence electrons. The van der Waals surface area contributed by atoms with Gasteiger partial charge in [-0.2, -0.15) is 5.10 Å². The first-order valence-electron chi connectivity index (χ1n) is 7.45. The van der Waals surface area contributed by atoms with Gasteiger partial charge in [0.1, 0.15) is 0 Å². The number of benzene rings is 1. The van der Waals surface area contributed by atoms with Crippen LogP contribution in [-0.4, -0.2) is 28.4 Å². The maximum atomic E-state index is 12.7. The third-order valence-electron chi connectivity index (χ3n) is 3.71. The summed E-state index contributed by atoms with van der Waals surface area (Å²) < 4.78 is 32.6. The van der Waals surface area contributed by atoms with Crippen molar-refractivity contribution in [2.24, 2.45) is 0 Å². The zero-order valence-electron chi connectivity index (χ0n) is 12.4. The minimum absolute atomic E-state index is 0.154. The number of hydrogen-bond donors (Lipinski definition) is 1. The normalized spacial score (nSPS) is 17.6. The van der Waals surface area contributed by atoms with E-state index in [9.17, 15) is 13.6 Å². The number of nitrogens with one attached hydrogen (secondary N) is 1. The molecular formula is C16H17F2N3O2. The van der Waals surface area contributed by atoms with Gasteiger partial charge < -0.3 is 10.1 Å². The summed E-state index contributed by atoms with van der Waals surface area (Å²) in [5.74, 6) is -0.441. The maximum absolute atomic E-state index is 12.7. The van der Waals surface area contributed by atoms with Crippen LogP contribution in [0.1, 0.15) is 35.2 Å². The molecule has 1 atom stereocenters. The largest absolute Gasteiger partial charge is 0.376 e. The van der Waals surface area contributed by atoms with E-state index < -0.39 is 12.3 Å². The van der Waals surface area contributed by atoms with Crippen molar-refractivity contribution in [2.45, 2.75) is 31.9 Å². The Morgan fingerprint density at radius 2 is 2.35 bits per heavy atom. The quantitative estimate of drug-likeness (QED) is 0.920. The average Bonchev–Trinajstić information content (AvgIpc) is 3.20. The third kappa shape index (κ3) is 3.92. The summed E-state index contributed by atoms with van der Waals surface area (Å²) in [6.45, 7) is 1.41. The second-order valence-corrected chi connectivity index (χ2v) is 5.47. The number of rotatable bonds is 5. The lowest BCUT2D eigenvalue weighted by atomic mass is 10.1. The number of nitrogens with zero attached hydrogens (tertiary/aromatic N) is 2. The van der Waals surface area contributed by atoms with Crippen LogP contribution in [0.2, 0.25) is 0 Å². The standard InChI is InChI=1S/C16H17F2N3O2/c17-15(18)11-3-1-4-12(7-11)16(22)20-13-8-19-21(9-13)10-14-5-2-6-23-14/h1,3-4,7-9,14-15H,2,5-6,10H2,(H,20,22). The van der Waals surface area contributed by atoms with Gasteiger partial charge in [0, 0.05) is 23.9 Å². The van der Waals surface area contributed by atoms with Crippen LogP contribution in [0.5, 0.6) is 0 Å². The number of amides is 1. The summed E-state index contributed by atoms with van der Waals surface area (Å²) in [5.41, 5.74) is 0.539. The zero-order chi connectivity index (χ0) is 16.2. The van der Waals surface area contributed by atoms with Crippen LogP contribution in [0.3, 0.4) is 0 Å². The highest BCUT2D eigenvalue weighted by atomic mass is 19.3. The Morgan fingerprint density at radius 3 is 3.09 bits per heavy atom. The van der Waals surface area contributed by atoms with E-state index in [2.05, 4.69) is 10.4 Å². The number of hydrogen-bond acceptors (Lipinski definition) is 3. The van der Waals surface area contributed by atoms with Crippen LogP contribution >= 0.6 is 0 Å². The molecule has 3 rings (SSSR count). The van der Waals surface area contributed by atoms with Gasteiger partial charge in [-0.05, 0) is 25.0 Å². The minimum atomic E-state index is -2.60. The van der Waals surface area contributed by atoms with Crippen molar-refractivity contribution in [3.8, 4) is 0 Å². The monoisotopic (exact) mass is 321 g/mol. The first-order valence-corrected chi connectivity index (χ1v) is 7.45. The Bertz CT molecular complexity index is 681. The SMILES string of the molecule is O=C(Nc1cnn(CC2CCCO2)c1)c1cccc(C(F)F)c1. The lowest BCUT2D eigenvalue weighted by molar-refractivity contribution is 0.0940. The van der Waals surface area contributed by atoms with Crippen molar-refractivity contribution in [1.82, 2.24) is 9.78 Å². The van der Waals surface area contributed by atoms with Gasteiger partial charge in [-0.15, -0.1) is 0 Å². The van der Waals surface area contributed by atoms with Crippen LogP contribution in [0.4, 0.5) is 14.5 Å². The molecule has 2 aromatic rings.